The standard InChI is InChI=1S/C30H30N2O7/c1-18(33)31-26(16-19-6-9-21(34)10-7-19)29(39)32-20-8-11-23-22-4-2-3-5-24(22)30(25(23)17-20,14-12-27(35)36)15-13-28(37)38/h2-11,17,26,34H,12-16H2,1H3,(H,31,33)(H,32,39)(H,35,36)(H,37,38). The number of hydrogen-bond donors (Lipinski definition) is 5. The highest BCUT2D eigenvalue weighted by atomic mass is 16.4. The van der Waals surface area contributed by atoms with Crippen LogP contribution in [0, 0.1) is 0 Å². The number of aromatic hydroxyl groups is 1. The van der Waals surface area contributed by atoms with E-state index in [9.17, 15) is 34.5 Å². The van der Waals surface area contributed by atoms with Gasteiger partial charge in [-0.2, -0.15) is 0 Å². The molecule has 39 heavy (non-hydrogen) atoms. The second-order valence-corrected chi connectivity index (χ2v) is 9.79. The predicted octanol–water partition coefficient (Wildman–Crippen LogP) is 4.07. The van der Waals surface area contributed by atoms with E-state index in [0.29, 0.717) is 5.69 Å². The third kappa shape index (κ3) is 6.09. The molecule has 0 aliphatic heterocycles. The van der Waals surface area contributed by atoms with Gasteiger partial charge in [-0.25, -0.2) is 0 Å². The van der Waals surface area contributed by atoms with Gasteiger partial charge in [0.2, 0.25) is 11.8 Å². The van der Waals surface area contributed by atoms with Gasteiger partial charge in [-0.05, 0) is 64.9 Å². The monoisotopic (exact) mass is 530 g/mol. The highest BCUT2D eigenvalue weighted by Crippen LogP contribution is 2.54. The van der Waals surface area contributed by atoms with Gasteiger partial charge >= 0.3 is 11.9 Å². The fourth-order valence-corrected chi connectivity index (χ4v) is 5.39. The summed E-state index contributed by atoms with van der Waals surface area (Å²) < 4.78 is 0. The number of carboxylic acid groups (broad SMARTS) is 2. The zero-order chi connectivity index (χ0) is 28.2. The van der Waals surface area contributed by atoms with Gasteiger partial charge in [-0.1, -0.05) is 42.5 Å². The number of benzene rings is 3. The van der Waals surface area contributed by atoms with E-state index in [2.05, 4.69) is 10.6 Å². The third-order valence-corrected chi connectivity index (χ3v) is 7.14. The molecule has 3 aromatic carbocycles. The van der Waals surface area contributed by atoms with Crippen LogP contribution in [0.5, 0.6) is 5.75 Å². The zero-order valence-electron chi connectivity index (χ0n) is 21.4. The molecule has 1 aliphatic carbocycles. The molecule has 0 saturated carbocycles. The van der Waals surface area contributed by atoms with Crippen molar-refractivity contribution in [3.63, 3.8) is 0 Å². The maximum atomic E-state index is 13.3. The molecule has 0 fully saturated rings. The van der Waals surface area contributed by atoms with E-state index in [4.69, 9.17) is 0 Å². The molecular formula is C30H30N2O7. The summed E-state index contributed by atoms with van der Waals surface area (Å²) in [6, 6.07) is 18.4. The number of hydrogen-bond acceptors (Lipinski definition) is 5. The molecule has 5 N–H and O–H groups in total. The lowest BCUT2D eigenvalue weighted by molar-refractivity contribution is -0.137. The number of carbonyl (C=O) groups excluding carboxylic acids is 2. The fraction of sp³-hybridized carbons (Fsp3) is 0.267. The van der Waals surface area contributed by atoms with E-state index in [-0.39, 0.29) is 43.8 Å². The Morgan fingerprint density at radius 1 is 0.821 bits per heavy atom. The normalized spacial score (nSPS) is 13.6. The van der Waals surface area contributed by atoms with Gasteiger partial charge < -0.3 is 26.0 Å². The third-order valence-electron chi connectivity index (χ3n) is 7.14. The number of rotatable bonds is 11. The molecular weight excluding hydrogens is 500 g/mol. The summed E-state index contributed by atoms with van der Waals surface area (Å²) in [5.41, 5.74) is 3.74. The van der Waals surface area contributed by atoms with Crippen LogP contribution in [-0.2, 0) is 31.0 Å². The summed E-state index contributed by atoms with van der Waals surface area (Å²) in [7, 11) is 0. The van der Waals surface area contributed by atoms with Crippen LogP contribution in [0.1, 0.15) is 49.3 Å². The molecule has 0 spiro atoms. The number of anilines is 1. The zero-order valence-corrected chi connectivity index (χ0v) is 21.4. The van der Waals surface area contributed by atoms with E-state index >= 15 is 0 Å². The smallest absolute Gasteiger partial charge is 0.303 e. The molecule has 1 atom stereocenters. The molecule has 0 heterocycles. The highest BCUT2D eigenvalue weighted by molar-refractivity contribution is 5.98. The highest BCUT2D eigenvalue weighted by Gasteiger charge is 2.43. The number of aliphatic carboxylic acids is 2. The predicted molar refractivity (Wildman–Crippen MR) is 144 cm³/mol. The molecule has 0 radical (unpaired) electrons. The molecule has 0 saturated heterocycles. The minimum absolute atomic E-state index is 0.0905. The summed E-state index contributed by atoms with van der Waals surface area (Å²) in [4.78, 5) is 48.3. The van der Waals surface area contributed by atoms with Crippen molar-refractivity contribution in [2.75, 3.05) is 5.32 Å². The average molecular weight is 531 g/mol. The molecule has 9 heteroatoms. The van der Waals surface area contributed by atoms with Crippen molar-refractivity contribution in [3.05, 3.63) is 83.4 Å². The maximum absolute atomic E-state index is 13.3. The van der Waals surface area contributed by atoms with Gasteiger partial charge in [-0.3, -0.25) is 19.2 Å². The second kappa shape index (κ2) is 11.4. The number of phenolic OH excluding ortho intramolecular Hbond substituents is 1. The Hall–Kier alpha value is -4.66. The van der Waals surface area contributed by atoms with Crippen LogP contribution in [0.2, 0.25) is 0 Å². The second-order valence-electron chi connectivity index (χ2n) is 9.79. The maximum Gasteiger partial charge on any atom is 0.303 e. The van der Waals surface area contributed by atoms with Crippen LogP contribution < -0.4 is 10.6 Å². The van der Waals surface area contributed by atoms with Crippen LogP contribution in [-0.4, -0.2) is 45.1 Å². The Morgan fingerprint density at radius 2 is 1.44 bits per heavy atom. The molecule has 4 rings (SSSR count). The minimum atomic E-state index is -0.979. The first-order valence-corrected chi connectivity index (χ1v) is 12.6. The summed E-state index contributed by atoms with van der Waals surface area (Å²) in [6.45, 7) is 1.32. The Labute approximate surface area is 225 Å². The SMILES string of the molecule is CC(=O)NC(Cc1ccc(O)cc1)C(=O)Nc1ccc2c(c1)C(CCC(=O)O)(CCC(=O)O)c1ccccc1-2. The fourth-order valence-electron chi connectivity index (χ4n) is 5.39. The van der Waals surface area contributed by atoms with Gasteiger partial charge in [0, 0.05) is 37.3 Å². The van der Waals surface area contributed by atoms with Gasteiger partial charge in [0.1, 0.15) is 11.8 Å². The van der Waals surface area contributed by atoms with Crippen LogP contribution in [0.3, 0.4) is 0 Å². The lowest BCUT2D eigenvalue weighted by Crippen LogP contribution is -2.44. The first-order valence-electron chi connectivity index (χ1n) is 12.6. The summed E-state index contributed by atoms with van der Waals surface area (Å²) >= 11 is 0. The number of fused-ring (bicyclic) bond motifs is 3. The van der Waals surface area contributed by atoms with E-state index in [1.165, 1.54) is 19.1 Å². The number of phenols is 1. The quantitative estimate of drug-likeness (QED) is 0.250. The van der Waals surface area contributed by atoms with Crippen molar-refractivity contribution < 1.29 is 34.5 Å². The number of amides is 2. The molecule has 0 aromatic heterocycles. The van der Waals surface area contributed by atoms with Crippen LogP contribution >= 0.6 is 0 Å². The Bertz CT molecular complexity index is 1400. The Morgan fingerprint density at radius 3 is 2.05 bits per heavy atom. The molecule has 1 aliphatic rings. The Balaban J connectivity index is 1.69. The average Bonchev–Trinajstić information content (AvgIpc) is 3.16. The van der Waals surface area contributed by atoms with Gasteiger partial charge in [0.15, 0.2) is 0 Å². The number of nitrogens with one attached hydrogen (secondary N) is 2. The lowest BCUT2D eigenvalue weighted by atomic mass is 9.71. The van der Waals surface area contributed by atoms with Crippen LogP contribution in [0.15, 0.2) is 66.7 Å². The van der Waals surface area contributed by atoms with Crippen LogP contribution in [0.25, 0.3) is 11.1 Å². The van der Waals surface area contributed by atoms with Crippen molar-refractivity contribution in [3.8, 4) is 16.9 Å². The molecule has 1 unspecified atom stereocenters. The van der Waals surface area contributed by atoms with Crippen molar-refractivity contribution in [2.24, 2.45) is 0 Å². The van der Waals surface area contributed by atoms with E-state index in [1.807, 2.05) is 30.3 Å². The van der Waals surface area contributed by atoms with Crippen molar-refractivity contribution >= 4 is 29.4 Å². The largest absolute Gasteiger partial charge is 0.508 e. The first kappa shape index (κ1) is 27.4. The van der Waals surface area contributed by atoms with Crippen molar-refractivity contribution in [1.82, 2.24) is 5.32 Å². The summed E-state index contributed by atoms with van der Waals surface area (Å²) in [5, 5.41) is 34.0. The Kier molecular flexibility index (Phi) is 7.99. The first-order chi connectivity index (χ1) is 18.6. The van der Waals surface area contributed by atoms with Crippen LogP contribution in [0.4, 0.5) is 5.69 Å². The molecule has 3 aromatic rings. The summed E-state index contributed by atoms with van der Waals surface area (Å²) in [6.07, 6.45) is 0.296. The molecule has 202 valence electrons. The van der Waals surface area contributed by atoms with E-state index in [0.717, 1.165) is 27.8 Å². The van der Waals surface area contributed by atoms with E-state index in [1.54, 1.807) is 24.3 Å². The molecule has 9 nitrogen and oxygen atoms in total. The lowest BCUT2D eigenvalue weighted by Gasteiger charge is -2.32. The molecule has 2 amide bonds. The van der Waals surface area contributed by atoms with Crippen molar-refractivity contribution in [1.29, 1.82) is 0 Å². The number of carbonyl (C=O) groups is 4. The number of carboxylic acids is 2. The van der Waals surface area contributed by atoms with Gasteiger partial charge in [0.25, 0.3) is 0 Å². The van der Waals surface area contributed by atoms with Gasteiger partial charge in [-0.15, -0.1) is 0 Å². The minimum Gasteiger partial charge on any atom is -0.508 e. The van der Waals surface area contributed by atoms with E-state index < -0.39 is 29.3 Å². The summed E-state index contributed by atoms with van der Waals surface area (Å²) in [5.74, 6) is -2.69. The van der Waals surface area contributed by atoms with Crippen molar-refractivity contribution in [2.45, 2.75) is 50.5 Å². The van der Waals surface area contributed by atoms with Gasteiger partial charge in [0.05, 0.1) is 0 Å². The topological polar surface area (TPSA) is 153 Å². The molecule has 0 bridgehead atoms.